The lowest BCUT2D eigenvalue weighted by Crippen LogP contribution is -2.06. The Balaban J connectivity index is 1.43. The molecule has 0 fully saturated rings. The van der Waals surface area contributed by atoms with Crippen LogP contribution in [0.3, 0.4) is 0 Å². The number of ether oxygens (including phenoxy) is 1. The van der Waals surface area contributed by atoms with Crippen molar-refractivity contribution in [3.05, 3.63) is 102 Å². The Bertz CT molecular complexity index is 1190. The Labute approximate surface area is 180 Å². The van der Waals surface area contributed by atoms with Crippen LogP contribution in [-0.4, -0.2) is 21.4 Å². The molecule has 156 valence electrons. The quantitative estimate of drug-likeness (QED) is 0.322. The summed E-state index contributed by atoms with van der Waals surface area (Å²) in [5, 5.41) is 10.3. The molecule has 1 N–H and O–H groups in total. The number of carbonyl (C=O) groups excluding carboxylic acids is 2. The molecular weight excluding hydrogens is 390 g/mol. The van der Waals surface area contributed by atoms with Crippen molar-refractivity contribution >= 4 is 22.7 Å². The van der Waals surface area contributed by atoms with E-state index in [0.29, 0.717) is 30.5 Å². The number of rotatable bonds is 8. The molecule has 4 aromatic rings. The molecule has 0 atom stereocenters. The summed E-state index contributed by atoms with van der Waals surface area (Å²) in [7, 11) is 0. The minimum absolute atomic E-state index is 0.0998. The van der Waals surface area contributed by atoms with Gasteiger partial charge in [-0.05, 0) is 42.3 Å². The van der Waals surface area contributed by atoms with E-state index in [0.717, 1.165) is 16.5 Å². The normalized spacial score (nSPS) is 10.8. The Morgan fingerprint density at radius 2 is 1.58 bits per heavy atom. The Morgan fingerprint density at radius 1 is 0.871 bits per heavy atom. The molecule has 0 saturated heterocycles. The van der Waals surface area contributed by atoms with Crippen molar-refractivity contribution in [3.8, 4) is 5.75 Å². The number of aromatic nitrogens is 1. The zero-order valence-corrected chi connectivity index (χ0v) is 17.0. The van der Waals surface area contributed by atoms with Gasteiger partial charge in [-0.1, -0.05) is 48.5 Å². The molecule has 31 heavy (non-hydrogen) atoms. The van der Waals surface area contributed by atoms with Crippen LogP contribution < -0.4 is 0 Å². The van der Waals surface area contributed by atoms with Gasteiger partial charge in [-0.2, -0.15) is 0 Å². The number of phenolic OH excluding ortho intramolecular Hbond substituents is 1. The van der Waals surface area contributed by atoms with E-state index < -0.39 is 0 Å². The molecule has 0 spiro atoms. The number of carbonyl (C=O) groups is 2. The van der Waals surface area contributed by atoms with Gasteiger partial charge >= 0.3 is 5.97 Å². The van der Waals surface area contributed by atoms with Gasteiger partial charge in [0.1, 0.15) is 12.4 Å². The molecular formula is C26H23NO4. The molecule has 0 unspecified atom stereocenters. The second-order valence-corrected chi connectivity index (χ2v) is 7.38. The summed E-state index contributed by atoms with van der Waals surface area (Å²) in [5.41, 5.74) is 3.03. The van der Waals surface area contributed by atoms with Crippen LogP contribution in [0.2, 0.25) is 0 Å². The highest BCUT2D eigenvalue weighted by atomic mass is 16.5. The number of esters is 1. The minimum atomic E-state index is -0.235. The monoisotopic (exact) mass is 413 g/mol. The molecule has 1 heterocycles. The zero-order valence-electron chi connectivity index (χ0n) is 17.0. The fourth-order valence-electron chi connectivity index (χ4n) is 3.58. The van der Waals surface area contributed by atoms with E-state index >= 15 is 0 Å². The standard InChI is InChI=1S/C26H23NO4/c28-21-14-12-20(13-15-21)26(30)23-17-27(24-10-5-4-9-22(23)24)16-6-11-25(29)31-18-19-7-2-1-3-8-19/h1-5,7-10,12-15,17,28H,6,11,16,18H2. The summed E-state index contributed by atoms with van der Waals surface area (Å²) >= 11 is 0. The Morgan fingerprint density at radius 3 is 2.35 bits per heavy atom. The molecule has 0 saturated carbocycles. The first kappa shape index (κ1) is 20.4. The van der Waals surface area contributed by atoms with Crippen LogP contribution in [0.4, 0.5) is 0 Å². The van der Waals surface area contributed by atoms with Crippen molar-refractivity contribution in [2.75, 3.05) is 0 Å². The number of fused-ring (bicyclic) bond motifs is 1. The van der Waals surface area contributed by atoms with Gasteiger partial charge in [0.25, 0.3) is 0 Å². The van der Waals surface area contributed by atoms with Gasteiger partial charge in [0.05, 0.1) is 0 Å². The van der Waals surface area contributed by atoms with E-state index in [-0.39, 0.29) is 24.1 Å². The first-order chi connectivity index (χ1) is 15.1. The van der Waals surface area contributed by atoms with Crippen molar-refractivity contribution in [2.24, 2.45) is 0 Å². The lowest BCUT2D eigenvalue weighted by molar-refractivity contribution is -0.145. The highest BCUT2D eigenvalue weighted by Gasteiger charge is 2.17. The predicted octanol–water partition coefficient (Wildman–Crippen LogP) is 5.10. The lowest BCUT2D eigenvalue weighted by atomic mass is 10.0. The summed E-state index contributed by atoms with van der Waals surface area (Å²) in [6, 6.07) is 23.6. The van der Waals surface area contributed by atoms with Gasteiger partial charge in [-0.3, -0.25) is 9.59 Å². The number of hydrogen-bond donors (Lipinski definition) is 1. The summed E-state index contributed by atoms with van der Waals surface area (Å²) < 4.78 is 7.35. The third kappa shape index (κ3) is 4.83. The summed E-state index contributed by atoms with van der Waals surface area (Å²) in [6.45, 7) is 0.876. The zero-order chi connectivity index (χ0) is 21.6. The Hall–Kier alpha value is -3.86. The predicted molar refractivity (Wildman–Crippen MR) is 119 cm³/mol. The van der Waals surface area contributed by atoms with E-state index in [4.69, 9.17) is 4.74 Å². The molecule has 0 radical (unpaired) electrons. The fraction of sp³-hybridized carbons (Fsp3) is 0.154. The second-order valence-electron chi connectivity index (χ2n) is 7.38. The van der Waals surface area contributed by atoms with E-state index in [1.165, 1.54) is 12.1 Å². The highest BCUT2D eigenvalue weighted by Crippen LogP contribution is 2.25. The summed E-state index contributed by atoms with van der Waals surface area (Å²) in [5.74, 6) is -0.212. The second kappa shape index (κ2) is 9.30. The number of phenols is 1. The fourth-order valence-corrected chi connectivity index (χ4v) is 3.58. The highest BCUT2D eigenvalue weighted by molar-refractivity contribution is 6.16. The molecule has 1 aromatic heterocycles. The average molecular weight is 413 g/mol. The van der Waals surface area contributed by atoms with E-state index in [2.05, 4.69) is 0 Å². The van der Waals surface area contributed by atoms with Crippen molar-refractivity contribution in [1.82, 2.24) is 4.57 Å². The van der Waals surface area contributed by atoms with Gasteiger partial charge < -0.3 is 14.4 Å². The SMILES string of the molecule is O=C(CCCn1cc(C(=O)c2ccc(O)cc2)c2ccccc21)OCc1ccccc1. The van der Waals surface area contributed by atoms with Crippen LogP contribution in [-0.2, 0) is 22.7 Å². The van der Waals surface area contributed by atoms with Crippen LogP contribution in [0, 0.1) is 0 Å². The molecule has 0 amide bonds. The maximum Gasteiger partial charge on any atom is 0.306 e. The molecule has 5 nitrogen and oxygen atoms in total. The van der Waals surface area contributed by atoms with Gasteiger partial charge in [0, 0.05) is 41.2 Å². The summed E-state index contributed by atoms with van der Waals surface area (Å²) in [4.78, 5) is 25.1. The van der Waals surface area contributed by atoms with Crippen LogP contribution in [0.5, 0.6) is 5.75 Å². The number of aromatic hydroxyl groups is 1. The molecule has 3 aromatic carbocycles. The molecule has 0 aliphatic heterocycles. The van der Waals surface area contributed by atoms with Crippen molar-refractivity contribution in [2.45, 2.75) is 26.0 Å². The van der Waals surface area contributed by atoms with E-state index in [1.54, 1.807) is 12.1 Å². The first-order valence-electron chi connectivity index (χ1n) is 10.2. The number of ketones is 1. The third-order valence-corrected chi connectivity index (χ3v) is 5.19. The van der Waals surface area contributed by atoms with Crippen LogP contribution in [0.25, 0.3) is 10.9 Å². The number of aryl methyl sites for hydroxylation is 1. The van der Waals surface area contributed by atoms with Crippen LogP contribution in [0.15, 0.2) is 85.1 Å². The molecule has 0 aliphatic carbocycles. The van der Waals surface area contributed by atoms with Crippen molar-refractivity contribution < 1.29 is 19.4 Å². The smallest absolute Gasteiger partial charge is 0.306 e. The van der Waals surface area contributed by atoms with Gasteiger partial charge in [-0.25, -0.2) is 0 Å². The Kier molecular flexibility index (Phi) is 6.13. The van der Waals surface area contributed by atoms with Gasteiger partial charge in [-0.15, -0.1) is 0 Å². The number of benzene rings is 3. The van der Waals surface area contributed by atoms with E-state index in [1.807, 2.05) is 65.4 Å². The number of hydrogen-bond acceptors (Lipinski definition) is 4. The third-order valence-electron chi connectivity index (χ3n) is 5.19. The minimum Gasteiger partial charge on any atom is -0.508 e. The maximum atomic E-state index is 13.0. The molecule has 0 aliphatic rings. The number of nitrogens with zero attached hydrogens (tertiary/aromatic N) is 1. The maximum absolute atomic E-state index is 13.0. The average Bonchev–Trinajstić information content (AvgIpc) is 3.17. The van der Waals surface area contributed by atoms with E-state index in [9.17, 15) is 14.7 Å². The molecule has 5 heteroatoms. The lowest BCUT2D eigenvalue weighted by Gasteiger charge is -2.07. The molecule has 0 bridgehead atoms. The topological polar surface area (TPSA) is 68.5 Å². The van der Waals surface area contributed by atoms with Crippen LogP contribution >= 0.6 is 0 Å². The largest absolute Gasteiger partial charge is 0.508 e. The number of para-hydroxylation sites is 1. The summed E-state index contributed by atoms with van der Waals surface area (Å²) in [6.07, 6.45) is 2.76. The first-order valence-corrected chi connectivity index (χ1v) is 10.2. The molecule has 4 rings (SSSR count). The van der Waals surface area contributed by atoms with Crippen molar-refractivity contribution in [3.63, 3.8) is 0 Å². The van der Waals surface area contributed by atoms with Gasteiger partial charge in [0.15, 0.2) is 5.78 Å². The van der Waals surface area contributed by atoms with Gasteiger partial charge in [0.2, 0.25) is 0 Å². The van der Waals surface area contributed by atoms with Crippen LogP contribution in [0.1, 0.15) is 34.3 Å². The van der Waals surface area contributed by atoms with Crippen molar-refractivity contribution in [1.29, 1.82) is 0 Å².